The van der Waals surface area contributed by atoms with Crippen LogP contribution in [0.4, 0.5) is 0 Å². The summed E-state index contributed by atoms with van der Waals surface area (Å²) in [6, 6.07) is 19.5. The summed E-state index contributed by atoms with van der Waals surface area (Å²) < 4.78 is 6.66. The maximum atomic E-state index is 12.3. The van der Waals surface area contributed by atoms with Crippen molar-refractivity contribution in [3.8, 4) is 17.2 Å². The zero-order valence-corrected chi connectivity index (χ0v) is 12.1. The van der Waals surface area contributed by atoms with Gasteiger partial charge in [-0.1, -0.05) is 48.5 Å². The van der Waals surface area contributed by atoms with Gasteiger partial charge in [0.1, 0.15) is 12.2 Å². The average Bonchev–Trinajstić information content (AvgIpc) is 2.90. The topological polar surface area (TPSA) is 55.0 Å². The van der Waals surface area contributed by atoms with Gasteiger partial charge in [0, 0.05) is 10.9 Å². The van der Waals surface area contributed by atoms with Crippen LogP contribution in [0.5, 0.6) is 0 Å². The largest absolute Gasteiger partial charge is 0.464 e. The Kier molecular flexibility index (Phi) is 3.63. The molecule has 0 aliphatic carbocycles. The Morgan fingerprint density at radius 1 is 1.14 bits per heavy atom. The number of nitriles is 1. The average molecular weight is 290 g/mol. The van der Waals surface area contributed by atoms with E-state index < -0.39 is 5.97 Å². The number of hydrogen-bond donors (Lipinski definition) is 0. The highest BCUT2D eigenvalue weighted by Gasteiger charge is 2.23. The van der Waals surface area contributed by atoms with Crippen molar-refractivity contribution in [3.63, 3.8) is 0 Å². The van der Waals surface area contributed by atoms with E-state index in [0.717, 1.165) is 22.0 Å². The molecule has 1 aromatic heterocycles. The van der Waals surface area contributed by atoms with E-state index in [1.807, 2.05) is 54.6 Å². The number of nitrogens with zero attached hydrogens (tertiary/aromatic N) is 2. The van der Waals surface area contributed by atoms with E-state index in [-0.39, 0.29) is 6.54 Å². The predicted molar refractivity (Wildman–Crippen MR) is 84.3 cm³/mol. The lowest BCUT2D eigenvalue weighted by molar-refractivity contribution is 0.0591. The van der Waals surface area contributed by atoms with Crippen LogP contribution in [0.3, 0.4) is 0 Å². The first kappa shape index (κ1) is 13.9. The van der Waals surface area contributed by atoms with Gasteiger partial charge in [-0.3, -0.25) is 0 Å². The van der Waals surface area contributed by atoms with Gasteiger partial charge in [0.2, 0.25) is 0 Å². The quantitative estimate of drug-likeness (QED) is 0.692. The highest BCUT2D eigenvalue weighted by atomic mass is 16.5. The number of ether oxygens (including phenoxy) is 1. The van der Waals surface area contributed by atoms with Crippen molar-refractivity contribution < 1.29 is 9.53 Å². The van der Waals surface area contributed by atoms with Gasteiger partial charge < -0.3 is 9.30 Å². The maximum Gasteiger partial charge on any atom is 0.355 e. The maximum absolute atomic E-state index is 12.3. The summed E-state index contributed by atoms with van der Waals surface area (Å²) in [7, 11) is 1.35. The van der Waals surface area contributed by atoms with Crippen LogP contribution in [0.25, 0.3) is 22.0 Å². The first-order chi connectivity index (χ1) is 10.8. The van der Waals surface area contributed by atoms with Crippen LogP contribution in [0.2, 0.25) is 0 Å². The number of esters is 1. The Labute approximate surface area is 128 Å². The molecule has 108 valence electrons. The Hall–Kier alpha value is -3.06. The molecule has 4 nitrogen and oxygen atoms in total. The monoisotopic (exact) mass is 290 g/mol. The van der Waals surface area contributed by atoms with Crippen molar-refractivity contribution >= 4 is 16.9 Å². The number of carbonyl (C=O) groups excluding carboxylic acids is 1. The molecule has 4 heteroatoms. The molecule has 0 fully saturated rings. The summed E-state index contributed by atoms with van der Waals surface area (Å²) in [4.78, 5) is 12.3. The van der Waals surface area contributed by atoms with Gasteiger partial charge in [-0.2, -0.15) is 5.26 Å². The van der Waals surface area contributed by atoms with Crippen molar-refractivity contribution in [1.29, 1.82) is 5.26 Å². The molecule has 0 saturated heterocycles. The molecular formula is C18H14N2O2. The normalized spacial score (nSPS) is 10.4. The third-order valence-electron chi connectivity index (χ3n) is 3.64. The molecule has 0 radical (unpaired) electrons. The molecule has 0 atom stereocenters. The highest BCUT2D eigenvalue weighted by Crippen LogP contribution is 2.35. The van der Waals surface area contributed by atoms with Gasteiger partial charge in [0.25, 0.3) is 0 Å². The minimum atomic E-state index is -0.440. The number of methoxy groups -OCH3 is 1. The lowest BCUT2D eigenvalue weighted by Crippen LogP contribution is -2.11. The Morgan fingerprint density at radius 3 is 2.50 bits per heavy atom. The van der Waals surface area contributed by atoms with Gasteiger partial charge in [-0.25, -0.2) is 4.79 Å². The van der Waals surface area contributed by atoms with Gasteiger partial charge in [0.05, 0.1) is 18.7 Å². The van der Waals surface area contributed by atoms with Crippen LogP contribution in [0.15, 0.2) is 54.6 Å². The number of para-hydroxylation sites is 1. The zero-order valence-electron chi connectivity index (χ0n) is 12.1. The van der Waals surface area contributed by atoms with Crippen LogP contribution in [-0.4, -0.2) is 17.6 Å². The zero-order chi connectivity index (χ0) is 15.5. The van der Waals surface area contributed by atoms with Crippen molar-refractivity contribution in [2.45, 2.75) is 6.54 Å². The summed E-state index contributed by atoms with van der Waals surface area (Å²) in [5.41, 5.74) is 2.99. The summed E-state index contributed by atoms with van der Waals surface area (Å²) in [6.45, 7) is 0.0950. The summed E-state index contributed by atoms with van der Waals surface area (Å²) in [6.07, 6.45) is 0. The lowest BCUT2D eigenvalue weighted by atomic mass is 10.0. The fourth-order valence-electron chi connectivity index (χ4n) is 2.74. The lowest BCUT2D eigenvalue weighted by Gasteiger charge is -2.07. The van der Waals surface area contributed by atoms with Crippen molar-refractivity contribution in [1.82, 2.24) is 4.57 Å². The SMILES string of the molecule is COC(=O)c1c(-c2ccccc2)c2ccccc2n1CC#N. The van der Waals surface area contributed by atoms with Crippen LogP contribution < -0.4 is 0 Å². The second kappa shape index (κ2) is 5.74. The number of rotatable bonds is 3. The van der Waals surface area contributed by atoms with Crippen LogP contribution in [-0.2, 0) is 11.3 Å². The third-order valence-corrected chi connectivity index (χ3v) is 3.64. The third kappa shape index (κ3) is 2.13. The standard InChI is InChI=1S/C18H14N2O2/c1-22-18(21)17-16(13-7-3-2-4-8-13)14-9-5-6-10-15(14)20(17)12-11-19/h2-10H,12H2,1H3. The van der Waals surface area contributed by atoms with E-state index in [2.05, 4.69) is 6.07 Å². The van der Waals surface area contributed by atoms with E-state index in [1.165, 1.54) is 7.11 Å². The van der Waals surface area contributed by atoms with E-state index in [1.54, 1.807) is 4.57 Å². The number of benzene rings is 2. The highest BCUT2D eigenvalue weighted by molar-refractivity contribution is 6.08. The first-order valence-electron chi connectivity index (χ1n) is 6.90. The number of aromatic nitrogens is 1. The molecule has 0 aliphatic rings. The number of fused-ring (bicyclic) bond motifs is 1. The fourth-order valence-corrected chi connectivity index (χ4v) is 2.74. The van der Waals surface area contributed by atoms with Gasteiger partial charge in [0.15, 0.2) is 0 Å². The van der Waals surface area contributed by atoms with E-state index >= 15 is 0 Å². The molecule has 2 aromatic carbocycles. The van der Waals surface area contributed by atoms with Crippen molar-refractivity contribution in [2.75, 3.05) is 7.11 Å². The molecule has 0 saturated carbocycles. The van der Waals surface area contributed by atoms with Gasteiger partial charge in [-0.15, -0.1) is 0 Å². The molecule has 0 bridgehead atoms. The molecule has 1 heterocycles. The Balaban J connectivity index is 2.43. The minimum absolute atomic E-state index is 0.0950. The molecule has 0 amide bonds. The smallest absolute Gasteiger partial charge is 0.355 e. The van der Waals surface area contributed by atoms with E-state index in [9.17, 15) is 4.79 Å². The molecule has 3 rings (SSSR count). The molecule has 0 aliphatic heterocycles. The number of hydrogen-bond acceptors (Lipinski definition) is 3. The first-order valence-corrected chi connectivity index (χ1v) is 6.90. The number of carbonyl (C=O) groups is 1. The molecule has 3 aromatic rings. The second-order valence-electron chi connectivity index (χ2n) is 4.84. The van der Waals surface area contributed by atoms with Crippen molar-refractivity contribution in [2.24, 2.45) is 0 Å². The summed E-state index contributed by atoms with van der Waals surface area (Å²) >= 11 is 0. The predicted octanol–water partition coefficient (Wildman–Crippen LogP) is 3.62. The molecule has 0 unspecified atom stereocenters. The molecule has 0 spiro atoms. The molecule has 22 heavy (non-hydrogen) atoms. The fraction of sp³-hybridized carbons (Fsp3) is 0.111. The van der Waals surface area contributed by atoms with Crippen LogP contribution in [0.1, 0.15) is 10.5 Å². The van der Waals surface area contributed by atoms with Crippen LogP contribution >= 0.6 is 0 Å². The van der Waals surface area contributed by atoms with Gasteiger partial charge >= 0.3 is 5.97 Å². The Morgan fingerprint density at radius 2 is 1.82 bits per heavy atom. The second-order valence-corrected chi connectivity index (χ2v) is 4.84. The van der Waals surface area contributed by atoms with E-state index in [4.69, 9.17) is 10.00 Å². The summed E-state index contributed by atoms with van der Waals surface area (Å²) in [5.74, 6) is -0.440. The Bertz CT molecular complexity index is 873. The van der Waals surface area contributed by atoms with Crippen LogP contribution in [0, 0.1) is 11.3 Å². The minimum Gasteiger partial charge on any atom is -0.464 e. The van der Waals surface area contributed by atoms with E-state index in [0.29, 0.717) is 5.69 Å². The molecular weight excluding hydrogens is 276 g/mol. The van der Waals surface area contributed by atoms with Gasteiger partial charge in [-0.05, 0) is 11.6 Å². The molecule has 0 N–H and O–H groups in total. The van der Waals surface area contributed by atoms with Crippen molar-refractivity contribution in [3.05, 3.63) is 60.3 Å². The summed E-state index contributed by atoms with van der Waals surface area (Å²) in [5, 5.41) is 10.0.